The molecule has 0 amide bonds. The number of benzene rings is 1. The molecule has 1 aromatic carbocycles. The summed E-state index contributed by atoms with van der Waals surface area (Å²) in [5.41, 5.74) is 6.41. The van der Waals surface area contributed by atoms with Crippen molar-refractivity contribution < 1.29 is 8.42 Å². The zero-order chi connectivity index (χ0) is 13.3. The van der Waals surface area contributed by atoms with E-state index < -0.39 is 9.84 Å². The first-order valence-electron chi connectivity index (χ1n) is 5.15. The molecule has 0 aliphatic heterocycles. The third kappa shape index (κ3) is 2.65. The largest absolute Gasteiger partial charge is 0.399 e. The van der Waals surface area contributed by atoms with Crippen LogP contribution in [0.15, 0.2) is 35.4 Å². The van der Waals surface area contributed by atoms with E-state index in [1.54, 1.807) is 30.1 Å². The van der Waals surface area contributed by atoms with Crippen LogP contribution in [0, 0.1) is 0 Å². The van der Waals surface area contributed by atoms with E-state index in [0.717, 1.165) is 0 Å². The molecule has 96 valence electrons. The van der Waals surface area contributed by atoms with Gasteiger partial charge in [0.1, 0.15) is 0 Å². The number of anilines is 1. The molecule has 0 fully saturated rings. The topological polar surface area (TPSA) is 78.0 Å². The van der Waals surface area contributed by atoms with Crippen LogP contribution in [-0.4, -0.2) is 18.2 Å². The van der Waals surface area contributed by atoms with Crippen molar-refractivity contribution in [2.45, 2.75) is 10.6 Å². The maximum Gasteiger partial charge on any atom is 0.185 e. The van der Waals surface area contributed by atoms with Gasteiger partial charge in [0.15, 0.2) is 9.84 Å². The molecule has 0 aliphatic carbocycles. The Morgan fingerprint density at radius 1 is 1.39 bits per heavy atom. The van der Waals surface area contributed by atoms with E-state index in [2.05, 4.69) is 5.10 Å². The van der Waals surface area contributed by atoms with Gasteiger partial charge in [-0.25, -0.2) is 8.42 Å². The molecule has 5 nitrogen and oxygen atoms in total. The summed E-state index contributed by atoms with van der Waals surface area (Å²) in [6.45, 7) is 0. The summed E-state index contributed by atoms with van der Waals surface area (Å²) in [5, 5.41) is 4.20. The van der Waals surface area contributed by atoms with Crippen LogP contribution in [-0.2, 0) is 22.6 Å². The Morgan fingerprint density at radius 2 is 2.11 bits per heavy atom. The van der Waals surface area contributed by atoms with E-state index >= 15 is 0 Å². The number of rotatable bonds is 3. The molecule has 2 rings (SSSR count). The van der Waals surface area contributed by atoms with Crippen LogP contribution in [0.3, 0.4) is 0 Å². The lowest BCUT2D eigenvalue weighted by Crippen LogP contribution is -2.07. The van der Waals surface area contributed by atoms with Gasteiger partial charge in [-0.3, -0.25) is 4.68 Å². The smallest absolute Gasteiger partial charge is 0.185 e. The number of hydrogen-bond donors (Lipinski definition) is 1. The summed E-state index contributed by atoms with van der Waals surface area (Å²) in [7, 11) is -1.82. The molecule has 1 heterocycles. The van der Waals surface area contributed by atoms with Crippen molar-refractivity contribution in [3.63, 3.8) is 0 Å². The average molecular weight is 286 g/mol. The van der Waals surface area contributed by atoms with Gasteiger partial charge in [-0.2, -0.15) is 5.10 Å². The van der Waals surface area contributed by atoms with Crippen LogP contribution in [0.2, 0.25) is 5.02 Å². The Bertz CT molecular complexity index is 679. The van der Waals surface area contributed by atoms with E-state index in [4.69, 9.17) is 17.3 Å². The highest BCUT2D eigenvalue weighted by atomic mass is 35.5. The molecule has 0 bridgehead atoms. The number of nitrogen functional groups attached to an aromatic ring is 1. The molecule has 2 N–H and O–H groups in total. The minimum absolute atomic E-state index is 0.0369. The molecule has 0 aliphatic rings. The first kappa shape index (κ1) is 12.9. The number of nitrogens with zero attached hydrogens (tertiary/aromatic N) is 2. The molecule has 0 unspecified atom stereocenters. The van der Waals surface area contributed by atoms with E-state index in [9.17, 15) is 8.42 Å². The quantitative estimate of drug-likeness (QED) is 0.870. The maximum absolute atomic E-state index is 12.2. The van der Waals surface area contributed by atoms with E-state index in [1.807, 2.05) is 0 Å². The molecule has 2 aromatic rings. The van der Waals surface area contributed by atoms with Crippen LogP contribution >= 0.6 is 11.6 Å². The highest BCUT2D eigenvalue weighted by Gasteiger charge is 2.20. The first-order valence-corrected chi connectivity index (χ1v) is 7.18. The van der Waals surface area contributed by atoms with Gasteiger partial charge in [0.05, 0.1) is 21.4 Å². The van der Waals surface area contributed by atoms with Gasteiger partial charge in [0, 0.05) is 18.9 Å². The summed E-state index contributed by atoms with van der Waals surface area (Å²) in [5.74, 6) is -0.197. The van der Waals surface area contributed by atoms with Crippen molar-refractivity contribution in [2.24, 2.45) is 7.05 Å². The SMILES string of the molecule is Cn1ccc(CS(=O)(=O)c2cc(N)ccc2Cl)n1. The molecule has 0 saturated heterocycles. The summed E-state index contributed by atoms with van der Waals surface area (Å²) in [6.07, 6.45) is 1.69. The predicted molar refractivity (Wildman–Crippen MR) is 70.0 cm³/mol. The number of hydrogen-bond acceptors (Lipinski definition) is 4. The Hall–Kier alpha value is -1.53. The van der Waals surface area contributed by atoms with Gasteiger partial charge in [0.25, 0.3) is 0 Å². The molecule has 0 spiro atoms. The normalized spacial score (nSPS) is 11.7. The molecular formula is C11H12ClN3O2S. The van der Waals surface area contributed by atoms with Gasteiger partial charge in [-0.1, -0.05) is 11.6 Å². The van der Waals surface area contributed by atoms with E-state index in [0.29, 0.717) is 11.4 Å². The fraction of sp³-hybridized carbons (Fsp3) is 0.182. The predicted octanol–water partition coefficient (Wildman–Crippen LogP) is 1.63. The monoisotopic (exact) mass is 285 g/mol. The molecule has 1 aromatic heterocycles. The molecular weight excluding hydrogens is 274 g/mol. The van der Waals surface area contributed by atoms with Crippen molar-refractivity contribution in [3.8, 4) is 0 Å². The molecule has 0 radical (unpaired) electrons. The zero-order valence-electron chi connectivity index (χ0n) is 9.67. The minimum Gasteiger partial charge on any atom is -0.399 e. The summed E-state index contributed by atoms with van der Waals surface area (Å²) in [4.78, 5) is 0.0369. The van der Waals surface area contributed by atoms with Gasteiger partial charge >= 0.3 is 0 Å². The zero-order valence-corrected chi connectivity index (χ0v) is 11.2. The highest BCUT2D eigenvalue weighted by Crippen LogP contribution is 2.26. The van der Waals surface area contributed by atoms with Crippen LogP contribution in [0.5, 0.6) is 0 Å². The van der Waals surface area contributed by atoms with E-state index in [-0.39, 0.29) is 15.7 Å². The number of nitrogens with two attached hydrogens (primary N) is 1. The van der Waals surface area contributed by atoms with Crippen molar-refractivity contribution in [3.05, 3.63) is 41.2 Å². The van der Waals surface area contributed by atoms with Crippen LogP contribution in [0.25, 0.3) is 0 Å². The lowest BCUT2D eigenvalue weighted by molar-refractivity contribution is 0.594. The van der Waals surface area contributed by atoms with Crippen LogP contribution in [0.4, 0.5) is 5.69 Å². The third-order valence-corrected chi connectivity index (χ3v) is 4.52. The fourth-order valence-electron chi connectivity index (χ4n) is 1.57. The number of sulfone groups is 1. The number of aromatic nitrogens is 2. The third-order valence-electron chi connectivity index (χ3n) is 2.40. The standard InChI is InChI=1S/C11H12ClN3O2S/c1-15-5-4-9(14-15)7-18(16,17)11-6-8(13)2-3-10(11)12/h2-6H,7,13H2,1H3. The Balaban J connectivity index is 2.39. The van der Waals surface area contributed by atoms with Gasteiger partial charge in [-0.15, -0.1) is 0 Å². The van der Waals surface area contributed by atoms with Crippen molar-refractivity contribution in [1.82, 2.24) is 9.78 Å². The van der Waals surface area contributed by atoms with Gasteiger partial charge < -0.3 is 5.73 Å². The average Bonchev–Trinajstić information content (AvgIpc) is 2.66. The second-order valence-electron chi connectivity index (χ2n) is 3.93. The maximum atomic E-state index is 12.2. The first-order chi connectivity index (χ1) is 8.38. The Morgan fingerprint density at radius 3 is 2.72 bits per heavy atom. The van der Waals surface area contributed by atoms with Crippen molar-refractivity contribution in [2.75, 3.05) is 5.73 Å². The fourth-order valence-corrected chi connectivity index (χ4v) is 3.42. The van der Waals surface area contributed by atoms with Crippen molar-refractivity contribution in [1.29, 1.82) is 0 Å². The summed E-state index contributed by atoms with van der Waals surface area (Å²) in [6, 6.07) is 6.04. The summed E-state index contributed by atoms with van der Waals surface area (Å²) < 4.78 is 25.9. The molecule has 0 saturated carbocycles. The second kappa shape index (κ2) is 4.62. The minimum atomic E-state index is -3.54. The number of aryl methyl sites for hydroxylation is 1. The second-order valence-corrected chi connectivity index (χ2v) is 6.29. The van der Waals surface area contributed by atoms with Gasteiger partial charge in [-0.05, 0) is 24.3 Å². The molecule has 7 heteroatoms. The highest BCUT2D eigenvalue weighted by molar-refractivity contribution is 7.90. The number of halogens is 1. The molecule has 18 heavy (non-hydrogen) atoms. The lowest BCUT2D eigenvalue weighted by Gasteiger charge is -2.06. The van der Waals surface area contributed by atoms with Crippen LogP contribution < -0.4 is 5.73 Å². The Labute approximate surface area is 110 Å². The van der Waals surface area contributed by atoms with Gasteiger partial charge in [0.2, 0.25) is 0 Å². The van der Waals surface area contributed by atoms with Crippen molar-refractivity contribution >= 4 is 27.1 Å². The van der Waals surface area contributed by atoms with E-state index in [1.165, 1.54) is 12.1 Å². The Kier molecular flexibility index (Phi) is 3.32. The summed E-state index contributed by atoms with van der Waals surface area (Å²) >= 11 is 5.89. The van der Waals surface area contributed by atoms with Crippen LogP contribution in [0.1, 0.15) is 5.69 Å². The molecule has 0 atom stereocenters. The lowest BCUT2D eigenvalue weighted by atomic mass is 10.3.